The Morgan fingerprint density at radius 2 is 2.37 bits per heavy atom. The Labute approximate surface area is 120 Å². The van der Waals surface area contributed by atoms with E-state index in [1.807, 2.05) is 16.7 Å². The monoisotopic (exact) mass is 299 g/mol. The third-order valence-electron chi connectivity index (χ3n) is 2.52. The number of ether oxygens (including phenoxy) is 1. The second kappa shape index (κ2) is 6.27. The number of imidazole rings is 1. The van der Waals surface area contributed by atoms with E-state index in [0.717, 1.165) is 11.3 Å². The summed E-state index contributed by atoms with van der Waals surface area (Å²) < 4.78 is 6.44. The maximum Gasteiger partial charge on any atom is 0.323 e. The maximum atomic E-state index is 11.1. The molecule has 0 aromatic carbocycles. The SMILES string of the molecule is COC(=O)C(N)CSCc1cn2cc(Cl)ccc2n1. The first-order chi connectivity index (χ1) is 9.10. The van der Waals surface area contributed by atoms with Gasteiger partial charge in [0.05, 0.1) is 17.8 Å². The Bertz CT molecular complexity index is 587. The van der Waals surface area contributed by atoms with Gasteiger partial charge >= 0.3 is 5.97 Å². The van der Waals surface area contributed by atoms with Crippen molar-refractivity contribution in [1.82, 2.24) is 9.38 Å². The fraction of sp³-hybridized carbons (Fsp3) is 0.333. The standard InChI is InChI=1S/C12H14ClN3O2S/c1-18-12(17)10(14)7-19-6-9-5-16-4-8(13)2-3-11(16)15-9/h2-5,10H,6-7,14H2,1H3. The second-order valence-corrected chi connectivity index (χ2v) is 5.46. The molecule has 0 radical (unpaired) electrons. The Hall–Kier alpha value is -1.24. The summed E-state index contributed by atoms with van der Waals surface area (Å²) >= 11 is 7.45. The predicted octanol–water partition coefficient (Wildman–Crippen LogP) is 1.72. The summed E-state index contributed by atoms with van der Waals surface area (Å²) in [5.41, 5.74) is 7.41. The van der Waals surface area contributed by atoms with E-state index in [1.54, 1.807) is 24.0 Å². The second-order valence-electron chi connectivity index (χ2n) is 3.99. The quantitative estimate of drug-likeness (QED) is 0.851. The number of nitrogens with zero attached hydrogens (tertiary/aromatic N) is 2. The van der Waals surface area contributed by atoms with Gasteiger partial charge in [-0.15, -0.1) is 0 Å². The van der Waals surface area contributed by atoms with E-state index in [2.05, 4.69) is 9.72 Å². The molecule has 0 saturated heterocycles. The molecule has 1 atom stereocenters. The third kappa shape index (κ3) is 3.62. The maximum absolute atomic E-state index is 11.1. The van der Waals surface area contributed by atoms with Gasteiger partial charge in [0.15, 0.2) is 0 Å². The highest BCUT2D eigenvalue weighted by Crippen LogP contribution is 2.16. The largest absolute Gasteiger partial charge is 0.468 e. The van der Waals surface area contributed by atoms with Crippen LogP contribution < -0.4 is 5.73 Å². The van der Waals surface area contributed by atoms with E-state index in [0.29, 0.717) is 16.5 Å². The van der Waals surface area contributed by atoms with Crippen molar-refractivity contribution in [3.63, 3.8) is 0 Å². The molecule has 2 rings (SSSR count). The van der Waals surface area contributed by atoms with Crippen molar-refractivity contribution >= 4 is 35.0 Å². The van der Waals surface area contributed by atoms with Crippen LogP contribution in [0.25, 0.3) is 5.65 Å². The number of fused-ring (bicyclic) bond motifs is 1. The molecule has 2 aromatic heterocycles. The van der Waals surface area contributed by atoms with Crippen molar-refractivity contribution in [2.45, 2.75) is 11.8 Å². The summed E-state index contributed by atoms with van der Waals surface area (Å²) in [5, 5.41) is 0.664. The number of esters is 1. The molecule has 5 nitrogen and oxygen atoms in total. The first-order valence-electron chi connectivity index (χ1n) is 5.64. The molecule has 0 aliphatic heterocycles. The van der Waals surface area contributed by atoms with E-state index in [4.69, 9.17) is 17.3 Å². The number of hydrogen-bond donors (Lipinski definition) is 1. The van der Waals surface area contributed by atoms with E-state index in [-0.39, 0.29) is 0 Å². The summed E-state index contributed by atoms with van der Waals surface area (Å²) in [6, 6.07) is 3.06. The number of nitrogens with two attached hydrogens (primary N) is 1. The van der Waals surface area contributed by atoms with Gasteiger partial charge in [0, 0.05) is 23.9 Å². The van der Waals surface area contributed by atoms with Crippen LogP contribution in [0.4, 0.5) is 0 Å². The van der Waals surface area contributed by atoms with Gasteiger partial charge in [-0.1, -0.05) is 11.6 Å². The number of halogens is 1. The van der Waals surface area contributed by atoms with Crippen molar-refractivity contribution in [3.05, 3.63) is 35.2 Å². The molecule has 1 unspecified atom stereocenters. The van der Waals surface area contributed by atoms with Crippen LogP contribution in [-0.4, -0.2) is 34.3 Å². The molecule has 19 heavy (non-hydrogen) atoms. The minimum Gasteiger partial charge on any atom is -0.468 e. The number of hydrogen-bond acceptors (Lipinski definition) is 5. The van der Waals surface area contributed by atoms with Crippen LogP contribution in [0.15, 0.2) is 24.5 Å². The first kappa shape index (κ1) is 14.2. The van der Waals surface area contributed by atoms with E-state index >= 15 is 0 Å². The number of thioether (sulfide) groups is 1. The Kier molecular flexibility index (Phi) is 4.68. The van der Waals surface area contributed by atoms with Crippen molar-refractivity contribution in [2.24, 2.45) is 5.73 Å². The topological polar surface area (TPSA) is 69.6 Å². The minimum atomic E-state index is -0.596. The number of methoxy groups -OCH3 is 1. The molecule has 2 heterocycles. The smallest absolute Gasteiger partial charge is 0.323 e. The number of rotatable bonds is 5. The van der Waals surface area contributed by atoms with Crippen molar-refractivity contribution < 1.29 is 9.53 Å². The molecule has 7 heteroatoms. The first-order valence-corrected chi connectivity index (χ1v) is 7.17. The number of carbonyl (C=O) groups excluding carboxylic acids is 1. The van der Waals surface area contributed by atoms with Gasteiger partial charge in [-0.05, 0) is 12.1 Å². The molecule has 0 aliphatic carbocycles. The minimum absolute atomic E-state index is 0.394. The number of carbonyl (C=O) groups is 1. The summed E-state index contributed by atoms with van der Waals surface area (Å²) in [6.07, 6.45) is 3.72. The van der Waals surface area contributed by atoms with Crippen LogP contribution in [0, 0.1) is 0 Å². The van der Waals surface area contributed by atoms with Crippen LogP contribution in [0.1, 0.15) is 5.69 Å². The molecule has 0 fully saturated rings. The highest BCUT2D eigenvalue weighted by Gasteiger charge is 2.13. The lowest BCUT2D eigenvalue weighted by molar-refractivity contribution is -0.141. The summed E-state index contributed by atoms with van der Waals surface area (Å²) in [7, 11) is 1.33. The average Bonchev–Trinajstić information content (AvgIpc) is 2.79. The molecule has 102 valence electrons. The molecular formula is C12H14ClN3O2S. The Morgan fingerprint density at radius 1 is 1.58 bits per heavy atom. The fourth-order valence-corrected chi connectivity index (χ4v) is 2.62. The Balaban J connectivity index is 1.93. The van der Waals surface area contributed by atoms with Crippen LogP contribution in [0.5, 0.6) is 0 Å². The van der Waals surface area contributed by atoms with Gasteiger partial charge in [-0.2, -0.15) is 11.8 Å². The van der Waals surface area contributed by atoms with Gasteiger partial charge in [0.25, 0.3) is 0 Å². The molecule has 0 spiro atoms. The zero-order valence-electron chi connectivity index (χ0n) is 10.4. The van der Waals surface area contributed by atoms with Crippen molar-refractivity contribution in [1.29, 1.82) is 0 Å². The normalized spacial score (nSPS) is 12.6. The molecule has 2 aromatic rings. The summed E-state index contributed by atoms with van der Waals surface area (Å²) in [5.74, 6) is 0.792. The zero-order valence-corrected chi connectivity index (χ0v) is 11.9. The lowest BCUT2D eigenvalue weighted by Crippen LogP contribution is -2.33. The third-order valence-corrected chi connectivity index (χ3v) is 3.83. The van der Waals surface area contributed by atoms with E-state index in [1.165, 1.54) is 7.11 Å². The van der Waals surface area contributed by atoms with Gasteiger partial charge in [-0.25, -0.2) is 4.98 Å². The lowest BCUT2D eigenvalue weighted by Gasteiger charge is -2.07. The van der Waals surface area contributed by atoms with Gasteiger partial charge in [-0.3, -0.25) is 4.79 Å². The van der Waals surface area contributed by atoms with Crippen molar-refractivity contribution in [2.75, 3.05) is 12.9 Å². The van der Waals surface area contributed by atoms with Crippen LogP contribution in [0.2, 0.25) is 5.02 Å². The lowest BCUT2D eigenvalue weighted by atomic mass is 10.4. The van der Waals surface area contributed by atoms with Gasteiger partial charge in [0.1, 0.15) is 11.7 Å². The summed E-state index contributed by atoms with van der Waals surface area (Å²) in [4.78, 5) is 15.6. The van der Waals surface area contributed by atoms with Gasteiger partial charge in [0.2, 0.25) is 0 Å². The Morgan fingerprint density at radius 3 is 3.11 bits per heavy atom. The van der Waals surface area contributed by atoms with Crippen LogP contribution >= 0.6 is 23.4 Å². The number of pyridine rings is 1. The fourth-order valence-electron chi connectivity index (χ4n) is 1.60. The van der Waals surface area contributed by atoms with Crippen molar-refractivity contribution in [3.8, 4) is 0 Å². The van der Waals surface area contributed by atoms with E-state index in [9.17, 15) is 4.79 Å². The molecular weight excluding hydrogens is 286 g/mol. The summed E-state index contributed by atoms with van der Waals surface area (Å²) in [6.45, 7) is 0. The van der Waals surface area contributed by atoms with Crippen LogP contribution in [-0.2, 0) is 15.3 Å². The molecule has 0 aliphatic rings. The van der Waals surface area contributed by atoms with E-state index < -0.39 is 12.0 Å². The van der Waals surface area contributed by atoms with Gasteiger partial charge < -0.3 is 14.9 Å². The average molecular weight is 300 g/mol. The molecule has 0 bridgehead atoms. The predicted molar refractivity (Wildman–Crippen MR) is 76.4 cm³/mol. The highest BCUT2D eigenvalue weighted by molar-refractivity contribution is 7.98. The zero-order chi connectivity index (χ0) is 13.8. The molecule has 0 saturated carbocycles. The molecule has 2 N–H and O–H groups in total. The highest BCUT2D eigenvalue weighted by atomic mass is 35.5. The van der Waals surface area contributed by atoms with Crippen LogP contribution in [0.3, 0.4) is 0 Å². The molecule has 0 amide bonds. The number of aromatic nitrogens is 2.